The van der Waals surface area contributed by atoms with Gasteiger partial charge in [-0.1, -0.05) is 92.3 Å². The highest BCUT2D eigenvalue weighted by Crippen LogP contribution is 2.95. The van der Waals surface area contributed by atoms with Crippen molar-refractivity contribution >= 4 is 29.6 Å². The van der Waals surface area contributed by atoms with Gasteiger partial charge in [-0.15, -0.1) is 29.6 Å². The summed E-state index contributed by atoms with van der Waals surface area (Å²) in [5.74, 6) is 14.9. The quantitative estimate of drug-likeness (QED) is 0.0507. The molecule has 420 valence electrons. The fourth-order valence-corrected chi connectivity index (χ4v) is 25.1. The van der Waals surface area contributed by atoms with Crippen LogP contribution >= 0.6 is 0 Å². The molecule has 4 spiro atoms. The molecule has 19 rings (SSSR count). The summed E-state index contributed by atoms with van der Waals surface area (Å²) >= 11 is 0. The van der Waals surface area contributed by atoms with Crippen molar-refractivity contribution in [2.75, 3.05) is 0 Å². The first-order valence-electron chi connectivity index (χ1n) is 30.6. The van der Waals surface area contributed by atoms with Crippen LogP contribution in [0.1, 0.15) is 141 Å². The van der Waals surface area contributed by atoms with Crippen LogP contribution in [0.25, 0.3) is 6.08 Å². The van der Waals surface area contributed by atoms with Gasteiger partial charge < -0.3 is 42.1 Å². The van der Waals surface area contributed by atoms with Crippen molar-refractivity contribution in [3.05, 3.63) is 110 Å². The molecule has 18 atom stereocenters. The fraction of sp³-hybridized carbons (Fsp3) is 0.571. The lowest BCUT2D eigenvalue weighted by Crippen LogP contribution is -2.81. The maximum atomic E-state index is 18.3. The second kappa shape index (κ2) is 14.9. The molecule has 18 aliphatic rings. The van der Waals surface area contributed by atoms with Crippen molar-refractivity contribution in [1.82, 2.24) is 0 Å². The molecule has 18 unspecified atom stereocenters. The number of carbonyl (C=O) groups is 3. The lowest BCUT2D eigenvalue weighted by atomic mass is 9.25. The molecule has 12 nitrogen and oxygen atoms in total. The van der Waals surface area contributed by atoms with E-state index in [0.29, 0.717) is 53.5 Å². The molecule has 82 heavy (non-hydrogen) atoms. The van der Waals surface area contributed by atoms with E-state index in [1.54, 1.807) is 0 Å². The lowest BCUT2D eigenvalue weighted by molar-refractivity contribution is -0.261. The van der Waals surface area contributed by atoms with E-state index in [2.05, 4.69) is 72.8 Å². The van der Waals surface area contributed by atoms with Crippen molar-refractivity contribution < 1.29 is 45.0 Å². The maximum absolute atomic E-state index is 18.3. The first kappa shape index (κ1) is 50.5. The number of allylic oxidation sites excluding steroid dienone is 4. The van der Waals surface area contributed by atoms with E-state index in [9.17, 15) is 20.1 Å². The average molecular weight is 1100 g/mol. The smallest absolute Gasteiger partial charge is 0.331 e. The summed E-state index contributed by atoms with van der Waals surface area (Å²) < 4.78 is 0. The van der Waals surface area contributed by atoms with Gasteiger partial charge in [-0.3, -0.25) is 9.59 Å². The molecule has 0 heterocycles. The summed E-state index contributed by atoms with van der Waals surface area (Å²) in [6, 6.07) is 8.36. The highest BCUT2D eigenvalue weighted by Gasteiger charge is 2.97. The number of aliphatic hydroxyl groups excluding tert-OH is 1. The Balaban J connectivity index is 1.15. The first-order chi connectivity index (χ1) is 39.1. The van der Waals surface area contributed by atoms with E-state index in [0.717, 1.165) is 29.6 Å². The van der Waals surface area contributed by atoms with Crippen LogP contribution < -0.4 is 11.5 Å². The van der Waals surface area contributed by atoms with Crippen LogP contribution in [0.3, 0.4) is 0 Å². The van der Waals surface area contributed by atoms with Gasteiger partial charge in [-0.2, -0.15) is 0 Å². The van der Waals surface area contributed by atoms with Crippen molar-refractivity contribution in [1.29, 1.82) is 0 Å². The Kier molecular flexibility index (Phi) is 9.16. The molecule has 18 aliphatic carbocycles. The van der Waals surface area contributed by atoms with Crippen LogP contribution in [0.2, 0.25) is 0 Å². The van der Waals surface area contributed by atoms with Crippen molar-refractivity contribution in [2.24, 2.45) is 89.9 Å². The number of aliphatic imine (C=N–C) groups is 1. The largest absolute Gasteiger partial charge is 0.478 e. The summed E-state index contributed by atoms with van der Waals surface area (Å²) in [5.41, 5.74) is -1.14. The number of hydrogen-bond acceptors (Lipinski definition) is 9. The Morgan fingerprint density at radius 2 is 1.61 bits per heavy atom. The number of carboxylic acids is 1. The predicted molar refractivity (Wildman–Crippen MR) is 303 cm³/mol. The van der Waals surface area contributed by atoms with Crippen LogP contribution in [-0.4, -0.2) is 88.2 Å². The van der Waals surface area contributed by atoms with E-state index in [1.807, 2.05) is 31.2 Å². The minimum Gasteiger partial charge on any atom is -0.478 e. The summed E-state index contributed by atoms with van der Waals surface area (Å²) in [6.07, 6.45) is 14.1. The van der Waals surface area contributed by atoms with Crippen LogP contribution in [0, 0.1) is 109 Å². The number of aliphatic carboxylic acids is 1. The maximum Gasteiger partial charge on any atom is 0.331 e. The zero-order valence-corrected chi connectivity index (χ0v) is 47.0. The van der Waals surface area contributed by atoms with E-state index >= 15 is 24.9 Å². The number of benzene rings is 1. The molecule has 0 radical (unpaired) electrons. The molecule has 6 fully saturated rings. The third-order valence-corrected chi connectivity index (χ3v) is 27.1. The normalized spacial score (nSPS) is 50.0. The molecule has 0 saturated heterocycles. The SMILES string of the molecule is CC(C(=O)O)=C1CCC2(N=C(N)N)C=CC34C5C6=C7CC=C6C1(O)C2(O)C3CC(O)C1(CCCC1)CC1C(=O)C2=C3C6(O)C=C(C7)C5(O)C35C3CC#CCC7(C)C(=O)C(C#CC3)CC2(C)C7C6(C2=Cc3ccccc3CC2)CC#CCC145. The van der Waals surface area contributed by atoms with Crippen molar-refractivity contribution in [2.45, 2.75) is 170 Å². The van der Waals surface area contributed by atoms with E-state index in [1.165, 1.54) is 12.5 Å². The average Bonchev–Trinajstić information content (AvgIpc) is 1.34. The van der Waals surface area contributed by atoms with Crippen LogP contribution in [-0.2, 0) is 20.8 Å². The minimum absolute atomic E-state index is 0.00715. The molecule has 0 amide bonds. The van der Waals surface area contributed by atoms with Gasteiger partial charge in [0.25, 0.3) is 0 Å². The molecule has 6 saturated carbocycles. The van der Waals surface area contributed by atoms with Gasteiger partial charge in [0.05, 0.1) is 12.0 Å². The molecule has 1 aromatic rings. The molecule has 10 N–H and O–H groups in total. The number of nitrogens with zero attached hydrogens (tertiary/aromatic N) is 1. The van der Waals surface area contributed by atoms with E-state index in [4.69, 9.17) is 16.5 Å². The Hall–Kier alpha value is -6.04. The summed E-state index contributed by atoms with van der Waals surface area (Å²) in [4.78, 5) is 53.2. The minimum atomic E-state index is -2.57. The van der Waals surface area contributed by atoms with Crippen LogP contribution in [0.4, 0.5) is 0 Å². The summed E-state index contributed by atoms with van der Waals surface area (Å²) in [7, 11) is 0. The third-order valence-electron chi connectivity index (χ3n) is 27.1. The van der Waals surface area contributed by atoms with Crippen LogP contribution in [0.15, 0.2) is 104 Å². The van der Waals surface area contributed by atoms with Gasteiger partial charge in [-0.05, 0) is 140 Å². The Bertz CT molecular complexity index is 3860. The number of Topliss-reactive ketones (excluding diaryl/α,β-unsaturated/α-hetero) is 2. The topological polar surface area (TPSA) is 237 Å². The monoisotopic (exact) mass is 1100 g/mol. The Labute approximate surface area is 478 Å². The zero-order chi connectivity index (χ0) is 56.7. The van der Waals surface area contributed by atoms with Gasteiger partial charge in [0, 0.05) is 93.5 Å². The number of ketones is 2. The second-order valence-electron chi connectivity index (χ2n) is 29.2. The molecular formula is C70H71N3O9. The predicted octanol–water partition coefficient (Wildman–Crippen LogP) is 6.95. The van der Waals surface area contributed by atoms with Gasteiger partial charge in [-0.25, -0.2) is 9.79 Å². The Morgan fingerprint density at radius 3 is 2.39 bits per heavy atom. The molecular weight excluding hydrogens is 1030 g/mol. The van der Waals surface area contributed by atoms with Gasteiger partial charge in [0.2, 0.25) is 0 Å². The highest BCUT2D eigenvalue weighted by molar-refractivity contribution is 6.05. The number of guanidine groups is 1. The third kappa shape index (κ3) is 4.68. The van der Waals surface area contributed by atoms with Crippen LogP contribution in [0.5, 0.6) is 0 Å². The zero-order valence-electron chi connectivity index (χ0n) is 47.0. The molecule has 0 aromatic heterocycles. The van der Waals surface area contributed by atoms with Gasteiger partial charge >= 0.3 is 5.97 Å². The van der Waals surface area contributed by atoms with Gasteiger partial charge in [0.1, 0.15) is 27.9 Å². The number of aliphatic hydroxyl groups is 5. The van der Waals surface area contributed by atoms with Crippen molar-refractivity contribution in [3.8, 4) is 35.5 Å². The highest BCUT2D eigenvalue weighted by atomic mass is 16.4. The Morgan fingerprint density at radius 1 is 0.854 bits per heavy atom. The number of hydrogen-bond donors (Lipinski definition) is 8. The molecule has 13 bridgehead atoms. The number of nitrogens with two attached hydrogens (primary N) is 2. The fourth-order valence-electron chi connectivity index (χ4n) is 25.1. The van der Waals surface area contributed by atoms with Crippen molar-refractivity contribution in [3.63, 3.8) is 0 Å². The van der Waals surface area contributed by atoms with E-state index < -0.39 is 113 Å². The molecule has 12 heteroatoms. The van der Waals surface area contributed by atoms with E-state index in [-0.39, 0.29) is 106 Å². The first-order valence-corrected chi connectivity index (χ1v) is 30.6. The number of rotatable bonds is 3. The number of aryl methyl sites for hydroxylation is 1. The number of carbonyl (C=O) groups excluding carboxylic acids is 2. The summed E-state index contributed by atoms with van der Waals surface area (Å²) in [5, 5.41) is 88.2. The standard InChI is InChI=1S/C70H71N3O9/c1-37(56(77)78)45-22-28-62(73-58(71)72)29-30-64-48-33-49(74)61(24-8-9-25-61)36-47-52(75)51-54-66(79)35-44-32-40-19-21-46(69(45,81)70(48,62)82)50(40)53(64)68(44,80)67(54)42-16-6-7-23-59(2)55(76)41(15-12-17-42)34-60(51,3)57(59)63(66,26-10-11-27-65(47,64)67)43-20-18-38-13-4-5-14-39(38)31-43/h4-5,13-14,21,29-31,35,41-42,47-49,53,57,74,79-82H,8-9,16-20,22-28,32-34,36H2,1-3H3,(H,77,78)(H4,71,72,73). The second-order valence-corrected chi connectivity index (χ2v) is 29.2. The number of carboxylic acid groups (broad SMARTS) is 1. The molecule has 1 aromatic carbocycles. The summed E-state index contributed by atoms with van der Waals surface area (Å²) in [6.45, 7) is 5.70. The lowest BCUT2D eigenvalue weighted by Gasteiger charge is -2.77. The molecule has 0 aliphatic heterocycles. The number of fused-ring (bicyclic) bond motifs is 3. The van der Waals surface area contributed by atoms with Gasteiger partial charge in [0.15, 0.2) is 17.5 Å².